The van der Waals surface area contributed by atoms with Crippen molar-refractivity contribution in [3.05, 3.63) is 77.8 Å². The highest BCUT2D eigenvalue weighted by Crippen LogP contribution is 2.20. The number of aliphatic hydroxyl groups excluding tert-OH is 1. The highest BCUT2D eigenvalue weighted by molar-refractivity contribution is 6.31. The Morgan fingerprint density at radius 1 is 1.23 bits per heavy atom. The van der Waals surface area contributed by atoms with E-state index in [0.29, 0.717) is 16.3 Å². The van der Waals surface area contributed by atoms with Gasteiger partial charge in [0, 0.05) is 25.2 Å². The van der Waals surface area contributed by atoms with Crippen LogP contribution in [-0.2, 0) is 11.3 Å². The molecule has 3 aromatic rings. The molecular formula is C24H24ClF2N4O4. The van der Waals surface area contributed by atoms with E-state index in [2.05, 4.69) is 22.5 Å². The number of halogens is 3. The van der Waals surface area contributed by atoms with Crippen molar-refractivity contribution in [2.24, 2.45) is 0 Å². The van der Waals surface area contributed by atoms with Crippen LogP contribution in [0, 0.1) is 18.6 Å². The molecule has 0 bridgehead atoms. The first-order valence-electron chi connectivity index (χ1n) is 10.6. The van der Waals surface area contributed by atoms with Gasteiger partial charge < -0.3 is 20.1 Å². The number of amides is 3. The zero-order chi connectivity index (χ0) is 25.5. The number of carbonyl (C=O) groups is 2. The number of rotatable bonds is 8. The van der Waals surface area contributed by atoms with Crippen LogP contribution in [0.15, 0.2) is 48.7 Å². The van der Waals surface area contributed by atoms with Gasteiger partial charge in [-0.15, -0.1) is 0 Å². The Kier molecular flexibility index (Phi) is 8.78. The Bertz CT molecular complexity index is 1210. The van der Waals surface area contributed by atoms with Gasteiger partial charge in [0.2, 0.25) is 0 Å². The van der Waals surface area contributed by atoms with E-state index in [1.807, 2.05) is 0 Å². The van der Waals surface area contributed by atoms with Gasteiger partial charge in [0.05, 0.1) is 17.2 Å². The number of fused-ring (bicyclic) bond motifs is 1. The number of hydrogen-bond donors (Lipinski definition) is 3. The van der Waals surface area contributed by atoms with E-state index < -0.39 is 35.9 Å². The van der Waals surface area contributed by atoms with Crippen LogP contribution in [-0.4, -0.2) is 52.9 Å². The third kappa shape index (κ3) is 7.24. The Balaban J connectivity index is 1.58. The van der Waals surface area contributed by atoms with E-state index in [9.17, 15) is 23.5 Å². The van der Waals surface area contributed by atoms with Gasteiger partial charge >= 0.3 is 12.1 Å². The van der Waals surface area contributed by atoms with Crippen LogP contribution in [0.3, 0.4) is 0 Å². The average Bonchev–Trinajstić information content (AvgIpc) is 2.81. The average molecular weight is 506 g/mol. The first kappa shape index (κ1) is 26.1. The van der Waals surface area contributed by atoms with Crippen molar-refractivity contribution < 1.29 is 28.2 Å². The summed E-state index contributed by atoms with van der Waals surface area (Å²) in [5.41, 5.74) is 0.389. The first-order chi connectivity index (χ1) is 16.6. The molecule has 35 heavy (non-hydrogen) atoms. The minimum atomic E-state index is -1.03. The van der Waals surface area contributed by atoms with Crippen molar-refractivity contribution in [3.8, 4) is 0 Å². The van der Waals surface area contributed by atoms with Crippen LogP contribution in [0.2, 0.25) is 5.02 Å². The number of pyridine rings is 1. The molecule has 0 fully saturated rings. The summed E-state index contributed by atoms with van der Waals surface area (Å²) in [6, 6.07) is 8.65. The number of anilines is 1. The predicted octanol–water partition coefficient (Wildman–Crippen LogP) is 4.51. The second-order valence-electron chi connectivity index (χ2n) is 7.81. The summed E-state index contributed by atoms with van der Waals surface area (Å²) in [4.78, 5) is 30.2. The maximum atomic E-state index is 13.6. The quantitative estimate of drug-likeness (QED) is 0.418. The number of nitrogens with one attached hydrogen (secondary N) is 2. The zero-order valence-corrected chi connectivity index (χ0v) is 19.6. The van der Waals surface area contributed by atoms with E-state index in [1.54, 1.807) is 12.1 Å². The number of carbonyl (C=O) groups excluding carboxylic acids is 2. The fraction of sp³-hybridized carbons (Fsp3) is 0.250. The predicted molar refractivity (Wildman–Crippen MR) is 128 cm³/mol. The van der Waals surface area contributed by atoms with E-state index in [1.165, 1.54) is 48.5 Å². The summed E-state index contributed by atoms with van der Waals surface area (Å²) in [5.74, 6) is -0.872. The SMILES string of the molecule is [CH2]C(O)C[C@@H](COC(=O)Nc1cc2cc(F)ccc2cn1)N(C)C(=O)NCc1cccc(F)c1Cl. The summed E-state index contributed by atoms with van der Waals surface area (Å²) >= 11 is 5.91. The van der Waals surface area contributed by atoms with Crippen LogP contribution in [0.4, 0.5) is 24.2 Å². The molecule has 1 radical (unpaired) electrons. The van der Waals surface area contributed by atoms with E-state index in [0.717, 1.165) is 0 Å². The number of aromatic nitrogens is 1. The van der Waals surface area contributed by atoms with Crippen LogP contribution in [0.25, 0.3) is 10.8 Å². The van der Waals surface area contributed by atoms with Gasteiger partial charge in [-0.3, -0.25) is 5.32 Å². The molecule has 0 aliphatic heterocycles. The topological polar surface area (TPSA) is 104 Å². The van der Waals surface area contributed by atoms with Gasteiger partial charge in [0.15, 0.2) is 0 Å². The molecule has 2 atom stereocenters. The van der Waals surface area contributed by atoms with Crippen molar-refractivity contribution >= 4 is 40.3 Å². The van der Waals surface area contributed by atoms with Gasteiger partial charge in [-0.2, -0.15) is 0 Å². The summed E-state index contributed by atoms with van der Waals surface area (Å²) in [5, 5.41) is 15.9. The Hall–Kier alpha value is -3.50. The summed E-state index contributed by atoms with van der Waals surface area (Å²) < 4.78 is 32.3. The third-order valence-electron chi connectivity index (χ3n) is 5.19. The van der Waals surface area contributed by atoms with Crippen LogP contribution in [0.5, 0.6) is 0 Å². The van der Waals surface area contributed by atoms with Crippen molar-refractivity contribution in [2.45, 2.75) is 25.1 Å². The molecule has 185 valence electrons. The maximum Gasteiger partial charge on any atom is 0.412 e. The molecule has 0 spiro atoms. The summed E-state index contributed by atoms with van der Waals surface area (Å²) in [6.07, 6.45) is -0.380. The smallest absolute Gasteiger partial charge is 0.412 e. The molecule has 1 heterocycles. The largest absolute Gasteiger partial charge is 0.447 e. The van der Waals surface area contributed by atoms with Crippen LogP contribution >= 0.6 is 11.6 Å². The minimum absolute atomic E-state index is 0.0193. The monoisotopic (exact) mass is 505 g/mol. The van der Waals surface area contributed by atoms with Crippen molar-refractivity contribution in [1.82, 2.24) is 15.2 Å². The maximum absolute atomic E-state index is 13.6. The zero-order valence-electron chi connectivity index (χ0n) is 18.8. The molecule has 8 nitrogen and oxygen atoms in total. The summed E-state index contributed by atoms with van der Waals surface area (Å²) in [6.45, 7) is 3.22. The van der Waals surface area contributed by atoms with Crippen molar-refractivity contribution in [3.63, 3.8) is 0 Å². The third-order valence-corrected chi connectivity index (χ3v) is 5.62. The molecule has 2 aromatic carbocycles. The number of urea groups is 1. The van der Waals surface area contributed by atoms with Crippen molar-refractivity contribution in [2.75, 3.05) is 19.0 Å². The van der Waals surface area contributed by atoms with Crippen LogP contribution < -0.4 is 10.6 Å². The number of likely N-dealkylation sites (N-methyl/N-ethyl adjacent to an activating group) is 1. The van der Waals surface area contributed by atoms with Gasteiger partial charge in [0.1, 0.15) is 24.1 Å². The number of aliphatic hydroxyl groups is 1. The molecule has 1 aromatic heterocycles. The first-order valence-corrected chi connectivity index (χ1v) is 11.0. The molecule has 0 aliphatic rings. The molecule has 3 N–H and O–H groups in total. The van der Waals surface area contributed by atoms with E-state index in [4.69, 9.17) is 16.3 Å². The highest BCUT2D eigenvalue weighted by Gasteiger charge is 2.24. The molecule has 1 unspecified atom stereocenters. The second-order valence-corrected chi connectivity index (χ2v) is 8.19. The Morgan fingerprint density at radius 2 is 2.00 bits per heavy atom. The van der Waals surface area contributed by atoms with E-state index in [-0.39, 0.29) is 30.4 Å². The normalized spacial score (nSPS) is 12.6. The standard InChI is InChI=1S/C24H24ClF2N4O4/c1-14(32)8-19(31(2)23(33)29-12-16-4-3-5-20(27)22(16)25)13-35-24(34)30-21-10-17-9-18(26)7-6-15(17)11-28-21/h3-7,9-11,14,19,32H,1,8,12-13H2,2H3,(H,29,33)(H,28,30,34)/t14?,19-/m0/s1. The highest BCUT2D eigenvalue weighted by atomic mass is 35.5. The van der Waals surface area contributed by atoms with Gasteiger partial charge in [-0.05, 0) is 54.6 Å². The fourth-order valence-corrected chi connectivity index (χ4v) is 3.48. The lowest BCUT2D eigenvalue weighted by molar-refractivity contribution is 0.0913. The lowest BCUT2D eigenvalue weighted by Crippen LogP contribution is -2.47. The number of ether oxygens (including phenoxy) is 1. The number of nitrogens with zero attached hydrogens (tertiary/aromatic N) is 2. The lowest BCUT2D eigenvalue weighted by Gasteiger charge is -2.29. The minimum Gasteiger partial charge on any atom is -0.447 e. The molecule has 11 heteroatoms. The number of hydrogen-bond acceptors (Lipinski definition) is 5. The lowest BCUT2D eigenvalue weighted by atomic mass is 10.1. The molecule has 0 saturated carbocycles. The molecule has 3 amide bonds. The van der Waals surface area contributed by atoms with Gasteiger partial charge in [-0.1, -0.05) is 23.7 Å². The molecule has 0 aliphatic carbocycles. The van der Waals surface area contributed by atoms with Crippen LogP contribution in [0.1, 0.15) is 12.0 Å². The Labute approximate surface area is 205 Å². The fourth-order valence-electron chi connectivity index (χ4n) is 3.29. The number of benzene rings is 2. The summed E-state index contributed by atoms with van der Waals surface area (Å²) in [7, 11) is 1.45. The Morgan fingerprint density at radius 3 is 2.74 bits per heavy atom. The van der Waals surface area contributed by atoms with E-state index >= 15 is 0 Å². The molecular weight excluding hydrogens is 482 g/mol. The molecule has 3 rings (SSSR count). The van der Waals surface area contributed by atoms with Crippen molar-refractivity contribution in [1.29, 1.82) is 0 Å². The van der Waals surface area contributed by atoms with Gasteiger partial charge in [0.25, 0.3) is 0 Å². The molecule has 0 saturated heterocycles. The second kappa shape index (κ2) is 11.8. The van der Waals surface area contributed by atoms with Gasteiger partial charge in [-0.25, -0.2) is 23.4 Å².